The van der Waals surface area contributed by atoms with Crippen LogP contribution in [0.1, 0.15) is 39.8 Å². The third kappa shape index (κ3) is 3.49. The van der Waals surface area contributed by atoms with Crippen molar-refractivity contribution in [3.05, 3.63) is 52.3 Å². The van der Waals surface area contributed by atoms with Gasteiger partial charge in [-0.05, 0) is 24.1 Å². The molecule has 0 bridgehead atoms. The summed E-state index contributed by atoms with van der Waals surface area (Å²) in [4.78, 5) is 24.0. The minimum atomic E-state index is -3.41. The molecule has 144 valence electrons. The summed E-state index contributed by atoms with van der Waals surface area (Å²) in [5.74, 6) is -1.24. The number of carboxylic acids is 1. The van der Waals surface area contributed by atoms with Gasteiger partial charge in [-0.3, -0.25) is 9.59 Å². The number of hydrogen-bond donors (Lipinski definition) is 2. The van der Waals surface area contributed by atoms with Crippen molar-refractivity contribution < 1.29 is 23.1 Å². The lowest BCUT2D eigenvalue weighted by Gasteiger charge is -2.16. The zero-order chi connectivity index (χ0) is 19.8. The predicted molar refractivity (Wildman–Crippen MR) is 99.8 cm³/mol. The summed E-state index contributed by atoms with van der Waals surface area (Å²) in [7, 11) is -3.41. The van der Waals surface area contributed by atoms with Crippen LogP contribution in [0.2, 0.25) is 0 Å². The van der Waals surface area contributed by atoms with Crippen molar-refractivity contribution in [2.45, 2.75) is 38.1 Å². The second-order valence-corrected chi connectivity index (χ2v) is 8.81. The van der Waals surface area contributed by atoms with Crippen LogP contribution in [0, 0.1) is 6.92 Å². The van der Waals surface area contributed by atoms with Crippen molar-refractivity contribution in [2.24, 2.45) is 0 Å². The van der Waals surface area contributed by atoms with E-state index >= 15 is 0 Å². The minimum absolute atomic E-state index is 0.0123. The maximum Gasteiger partial charge on any atom is 0.323 e. The molecule has 2 N–H and O–H groups in total. The molecule has 0 fully saturated rings. The second kappa shape index (κ2) is 7.19. The number of amides is 1. The van der Waals surface area contributed by atoms with Gasteiger partial charge in [0.15, 0.2) is 9.84 Å². The molecular weight excluding hydrogens is 368 g/mol. The van der Waals surface area contributed by atoms with E-state index in [1.54, 1.807) is 42.7 Å². The molecule has 0 unspecified atom stereocenters. The van der Waals surface area contributed by atoms with E-state index in [4.69, 9.17) is 0 Å². The van der Waals surface area contributed by atoms with Crippen LogP contribution in [0.4, 0.5) is 0 Å². The number of aromatic nitrogens is 1. The first-order valence-corrected chi connectivity index (χ1v) is 10.4. The quantitative estimate of drug-likeness (QED) is 0.779. The van der Waals surface area contributed by atoms with Gasteiger partial charge in [-0.2, -0.15) is 0 Å². The number of benzene rings is 1. The van der Waals surface area contributed by atoms with Crippen molar-refractivity contribution in [1.82, 2.24) is 9.88 Å². The van der Waals surface area contributed by atoms with Crippen molar-refractivity contribution in [2.75, 3.05) is 12.3 Å². The van der Waals surface area contributed by atoms with Gasteiger partial charge in [0.25, 0.3) is 5.91 Å². The van der Waals surface area contributed by atoms with Gasteiger partial charge < -0.3 is 15.0 Å². The van der Waals surface area contributed by atoms with Gasteiger partial charge in [-0.15, -0.1) is 0 Å². The fraction of sp³-hybridized carbons (Fsp3) is 0.368. The lowest BCUT2D eigenvalue weighted by atomic mass is 9.97. The molecule has 1 aliphatic heterocycles. The summed E-state index contributed by atoms with van der Waals surface area (Å²) in [6.07, 6.45) is 0.799. The summed E-state index contributed by atoms with van der Waals surface area (Å²) >= 11 is 0. The van der Waals surface area contributed by atoms with E-state index in [2.05, 4.69) is 5.32 Å². The summed E-state index contributed by atoms with van der Waals surface area (Å²) in [5.41, 5.74) is 3.15. The highest BCUT2D eigenvalue weighted by atomic mass is 32.2. The van der Waals surface area contributed by atoms with Gasteiger partial charge in [-0.1, -0.05) is 25.1 Å². The van der Waals surface area contributed by atoms with E-state index in [1.165, 1.54) is 0 Å². The molecule has 2 aromatic rings. The number of fused-ring (bicyclic) bond motifs is 1. The van der Waals surface area contributed by atoms with E-state index in [1.807, 2.05) is 0 Å². The molecule has 1 aliphatic rings. The van der Waals surface area contributed by atoms with Crippen LogP contribution in [0.15, 0.2) is 29.2 Å². The lowest BCUT2D eigenvalue weighted by molar-refractivity contribution is -0.137. The maximum absolute atomic E-state index is 12.5. The molecule has 3 rings (SSSR count). The van der Waals surface area contributed by atoms with Gasteiger partial charge in [-0.25, -0.2) is 8.42 Å². The molecule has 0 aliphatic carbocycles. The van der Waals surface area contributed by atoms with Gasteiger partial charge in [0, 0.05) is 30.8 Å². The Morgan fingerprint density at radius 2 is 2.00 bits per heavy atom. The van der Waals surface area contributed by atoms with Crippen LogP contribution in [-0.2, 0) is 34.0 Å². The van der Waals surface area contributed by atoms with Crippen molar-refractivity contribution in [3.63, 3.8) is 0 Å². The number of nitrogens with one attached hydrogen (secondary N) is 1. The highest BCUT2D eigenvalue weighted by Gasteiger charge is 2.29. The predicted octanol–water partition coefficient (Wildman–Crippen LogP) is 1.55. The minimum Gasteiger partial charge on any atom is -0.480 e. The zero-order valence-corrected chi connectivity index (χ0v) is 16.1. The molecule has 7 nitrogen and oxygen atoms in total. The molecule has 2 heterocycles. The first kappa shape index (κ1) is 19.2. The van der Waals surface area contributed by atoms with Gasteiger partial charge in [0.1, 0.15) is 6.54 Å². The fourth-order valence-corrected chi connectivity index (χ4v) is 4.77. The molecular formula is C19H22N2O5S. The number of nitrogens with zero attached hydrogens (tertiary/aromatic N) is 1. The first-order chi connectivity index (χ1) is 12.8. The van der Waals surface area contributed by atoms with Crippen LogP contribution < -0.4 is 5.32 Å². The van der Waals surface area contributed by atoms with E-state index < -0.39 is 15.8 Å². The van der Waals surface area contributed by atoms with Gasteiger partial charge in [0.2, 0.25) is 0 Å². The molecule has 1 aromatic carbocycles. The van der Waals surface area contributed by atoms with Gasteiger partial charge in [0.05, 0.1) is 16.2 Å². The molecule has 8 heteroatoms. The molecule has 27 heavy (non-hydrogen) atoms. The Labute approximate surface area is 157 Å². The van der Waals surface area contributed by atoms with E-state index in [-0.39, 0.29) is 29.5 Å². The molecule has 0 atom stereocenters. The lowest BCUT2D eigenvalue weighted by Crippen LogP contribution is -2.33. The number of rotatable bonds is 6. The van der Waals surface area contributed by atoms with Crippen LogP contribution in [-0.4, -0.2) is 42.3 Å². The zero-order valence-electron chi connectivity index (χ0n) is 15.3. The van der Waals surface area contributed by atoms with Crippen LogP contribution in [0.25, 0.3) is 0 Å². The standard InChI is InChI=1S/C19H22N2O5S/c1-3-27(25,26)16-7-5-4-6-13(16)10-14-12(2)21(11-17(22)23)15-8-9-20-19(24)18(14)15/h4-7H,3,8-11H2,1-2H3,(H,20,24)(H,22,23). The number of carbonyl (C=O) groups excluding carboxylic acids is 1. The second-order valence-electron chi connectivity index (χ2n) is 6.56. The molecule has 0 saturated heterocycles. The summed E-state index contributed by atoms with van der Waals surface area (Å²) in [6.45, 7) is 3.60. The third-order valence-electron chi connectivity index (χ3n) is 4.98. The SMILES string of the molecule is CCS(=O)(=O)c1ccccc1Cc1c2c(n(CC(=O)O)c1C)CCNC2=O. The maximum atomic E-state index is 12.5. The normalized spacial score (nSPS) is 13.9. The Morgan fingerprint density at radius 1 is 1.30 bits per heavy atom. The number of hydrogen-bond acceptors (Lipinski definition) is 4. The topological polar surface area (TPSA) is 105 Å². The number of carboxylic acid groups (broad SMARTS) is 1. The average Bonchev–Trinajstić information content (AvgIpc) is 2.88. The van der Waals surface area contributed by atoms with Crippen molar-refractivity contribution in [1.29, 1.82) is 0 Å². The van der Waals surface area contributed by atoms with Crippen molar-refractivity contribution in [3.8, 4) is 0 Å². The Kier molecular flexibility index (Phi) is 5.10. The molecule has 1 amide bonds. The van der Waals surface area contributed by atoms with Gasteiger partial charge >= 0.3 is 5.97 Å². The van der Waals surface area contributed by atoms with Crippen molar-refractivity contribution >= 4 is 21.7 Å². The van der Waals surface area contributed by atoms with Crippen LogP contribution >= 0.6 is 0 Å². The third-order valence-corrected chi connectivity index (χ3v) is 6.81. The van der Waals surface area contributed by atoms with Crippen LogP contribution in [0.5, 0.6) is 0 Å². The Hall–Kier alpha value is -2.61. The number of carbonyl (C=O) groups is 2. The Balaban J connectivity index is 2.16. The number of aliphatic carboxylic acids is 1. The largest absolute Gasteiger partial charge is 0.480 e. The Bertz CT molecular complexity index is 1020. The highest BCUT2D eigenvalue weighted by Crippen LogP contribution is 2.30. The molecule has 0 spiro atoms. The average molecular weight is 390 g/mol. The van der Waals surface area contributed by atoms with Crippen LogP contribution in [0.3, 0.4) is 0 Å². The van der Waals surface area contributed by atoms with E-state index in [0.717, 1.165) is 0 Å². The van der Waals surface area contributed by atoms with E-state index in [0.29, 0.717) is 41.0 Å². The number of sulfone groups is 1. The van der Waals surface area contributed by atoms with E-state index in [9.17, 15) is 23.1 Å². The Morgan fingerprint density at radius 3 is 2.67 bits per heavy atom. The highest BCUT2D eigenvalue weighted by molar-refractivity contribution is 7.91. The summed E-state index contributed by atoms with van der Waals surface area (Å²) in [6, 6.07) is 6.75. The fourth-order valence-electron chi connectivity index (χ4n) is 3.63. The molecule has 0 saturated carbocycles. The monoisotopic (exact) mass is 390 g/mol. The smallest absolute Gasteiger partial charge is 0.323 e. The summed E-state index contributed by atoms with van der Waals surface area (Å²) in [5, 5.41) is 12.0. The first-order valence-electron chi connectivity index (χ1n) is 8.77. The summed E-state index contributed by atoms with van der Waals surface area (Å²) < 4.78 is 26.5. The molecule has 1 aromatic heterocycles. The molecule has 0 radical (unpaired) electrons.